The molecule has 0 spiro atoms. The Balaban J connectivity index is 2.22. The summed E-state index contributed by atoms with van der Waals surface area (Å²) >= 11 is 0. The van der Waals surface area contributed by atoms with Gasteiger partial charge in [-0.15, -0.1) is 0 Å². The maximum Gasteiger partial charge on any atom is 0.410 e. The Bertz CT molecular complexity index is 508. The molecule has 18 heavy (non-hydrogen) atoms. The smallest absolute Gasteiger partial charge is 0.299 e. The summed E-state index contributed by atoms with van der Waals surface area (Å²) < 4.78 is 21.8. The van der Waals surface area contributed by atoms with E-state index in [1.54, 1.807) is 36.9 Å². The predicted octanol–water partition coefficient (Wildman–Crippen LogP) is 0.616. The first-order valence-corrected chi connectivity index (χ1v) is 6.06. The quantitative estimate of drug-likeness (QED) is 0.449. The largest absolute Gasteiger partial charge is 0.410 e. The monoisotopic (exact) mass is 267 g/mol. The topological polar surface area (TPSA) is 78.1 Å². The molecule has 94 valence electrons. The molecule has 0 aliphatic rings. The molecule has 2 atom stereocenters. The summed E-state index contributed by atoms with van der Waals surface area (Å²) in [6, 6.07) is 3.52. The van der Waals surface area contributed by atoms with Crippen LogP contribution < -0.4 is 4.68 Å². The fourth-order valence-electron chi connectivity index (χ4n) is 1.35. The van der Waals surface area contributed by atoms with Crippen molar-refractivity contribution in [2.75, 3.05) is 7.11 Å². The van der Waals surface area contributed by atoms with Crippen molar-refractivity contribution in [3.63, 3.8) is 0 Å². The van der Waals surface area contributed by atoms with Crippen LogP contribution in [0.15, 0.2) is 36.9 Å². The van der Waals surface area contributed by atoms with Crippen molar-refractivity contribution in [3.05, 3.63) is 36.9 Å². The van der Waals surface area contributed by atoms with Crippen molar-refractivity contribution >= 4 is 8.69 Å². The molecular formula is C10H12N4O3P+. The molecule has 0 aliphatic carbocycles. The molecule has 0 aliphatic heterocycles. The maximum atomic E-state index is 10.5. The Morgan fingerprint density at radius 3 is 2.72 bits per heavy atom. The molecule has 0 amide bonds. The normalized spacial score (nSPS) is 12.9. The highest BCUT2D eigenvalue weighted by Gasteiger charge is 2.19. The van der Waals surface area contributed by atoms with Crippen LogP contribution in [0.1, 0.15) is 6.41 Å². The zero-order chi connectivity index (χ0) is 12.8. The molecule has 0 bridgehead atoms. The van der Waals surface area contributed by atoms with Crippen molar-refractivity contribution in [2.24, 2.45) is 0 Å². The van der Waals surface area contributed by atoms with Crippen LogP contribution in [0, 0.1) is 0 Å². The maximum absolute atomic E-state index is 10.5. The minimum Gasteiger partial charge on any atom is -0.299 e. The lowest BCUT2D eigenvalue weighted by Gasteiger charge is -2.04. The van der Waals surface area contributed by atoms with Crippen molar-refractivity contribution in [3.8, 4) is 11.4 Å². The minimum absolute atomic E-state index is 0.585. The van der Waals surface area contributed by atoms with E-state index >= 15 is 0 Å². The van der Waals surface area contributed by atoms with Crippen LogP contribution in [0.2, 0.25) is 0 Å². The summed E-state index contributed by atoms with van der Waals surface area (Å²) in [4.78, 5) is 8.22. The van der Waals surface area contributed by atoms with Crippen molar-refractivity contribution < 1.29 is 18.5 Å². The lowest BCUT2D eigenvalue weighted by atomic mass is 10.3. The first-order chi connectivity index (χ1) is 8.85. The van der Waals surface area contributed by atoms with Gasteiger partial charge in [0.1, 0.15) is 6.20 Å². The third kappa shape index (κ3) is 2.95. The average molecular weight is 267 g/mol. The fourth-order valence-corrected chi connectivity index (χ4v) is 1.68. The number of rotatable bonds is 5. The van der Waals surface area contributed by atoms with Crippen molar-refractivity contribution in [1.29, 1.82) is 0 Å². The van der Waals surface area contributed by atoms with Gasteiger partial charge in [-0.2, -0.15) is 0 Å². The third-order valence-corrected chi connectivity index (χ3v) is 2.49. The van der Waals surface area contributed by atoms with Gasteiger partial charge in [0.05, 0.1) is 0 Å². The van der Waals surface area contributed by atoms with E-state index in [1.807, 2.05) is 0 Å². The number of hydrogen-bond donors (Lipinski definition) is 0. The molecule has 8 heteroatoms. The second-order valence-corrected chi connectivity index (χ2v) is 3.71. The van der Waals surface area contributed by atoms with Gasteiger partial charge < -0.3 is 0 Å². The van der Waals surface area contributed by atoms with Gasteiger partial charge in [-0.05, 0) is 15.8 Å². The molecular weight excluding hydrogens is 255 g/mol. The van der Waals surface area contributed by atoms with E-state index in [2.05, 4.69) is 15.1 Å². The van der Waals surface area contributed by atoms with Gasteiger partial charge in [-0.1, -0.05) is 0 Å². The van der Waals surface area contributed by atoms with Crippen molar-refractivity contribution in [1.82, 2.24) is 15.1 Å². The van der Waals surface area contributed by atoms with Crippen LogP contribution in [0.25, 0.3) is 11.4 Å². The Hall–Kier alpha value is -1.69. The molecule has 0 radical (unpaired) electrons. The Morgan fingerprint density at radius 1 is 1.39 bits per heavy atom. The van der Waals surface area contributed by atoms with Crippen LogP contribution in [0.4, 0.5) is 0 Å². The van der Waals surface area contributed by atoms with E-state index in [0.29, 0.717) is 5.82 Å². The number of aromatic nitrogens is 4. The first-order valence-electron chi connectivity index (χ1n) is 5.12. The number of ether oxygens (including phenoxy) is 1. The average Bonchev–Trinajstić information content (AvgIpc) is 2.46. The highest BCUT2D eigenvalue weighted by molar-refractivity contribution is 7.17. The van der Waals surface area contributed by atoms with Gasteiger partial charge in [-0.3, -0.25) is 9.30 Å². The summed E-state index contributed by atoms with van der Waals surface area (Å²) in [7, 11) is 0.0825. The fraction of sp³-hybridized carbons (Fsp3) is 0.200. The van der Waals surface area contributed by atoms with Gasteiger partial charge in [0.2, 0.25) is 6.20 Å². The lowest BCUT2D eigenvalue weighted by Crippen LogP contribution is -2.44. The lowest BCUT2D eigenvalue weighted by molar-refractivity contribution is -0.840. The molecule has 2 rings (SSSR count). The molecule has 2 aromatic heterocycles. The summed E-state index contributed by atoms with van der Waals surface area (Å²) in [5.41, 5.74) is 0.774. The van der Waals surface area contributed by atoms with E-state index in [4.69, 9.17) is 9.26 Å². The zero-order valence-corrected chi connectivity index (χ0v) is 10.8. The Labute approximate surface area is 105 Å². The molecule has 0 fully saturated rings. The molecule has 2 unspecified atom stereocenters. The molecule has 0 aromatic carbocycles. The molecule has 2 aromatic rings. The van der Waals surface area contributed by atoms with Gasteiger partial charge in [0.25, 0.3) is 0 Å². The third-order valence-electron chi connectivity index (χ3n) is 2.15. The summed E-state index contributed by atoms with van der Waals surface area (Å²) in [5.74, 6) is 0.585. The summed E-state index contributed by atoms with van der Waals surface area (Å²) in [5, 5.41) is 4.11. The van der Waals surface area contributed by atoms with Crippen LogP contribution in [-0.4, -0.2) is 22.2 Å². The van der Waals surface area contributed by atoms with Crippen LogP contribution >= 0.6 is 8.69 Å². The number of nitrogens with zero attached hydrogens (tertiary/aromatic N) is 4. The first kappa shape index (κ1) is 12.8. The Kier molecular flexibility index (Phi) is 4.46. The van der Waals surface area contributed by atoms with Gasteiger partial charge in [0.15, 0.2) is 14.5 Å². The van der Waals surface area contributed by atoms with E-state index in [-0.39, 0.29) is 0 Å². The van der Waals surface area contributed by atoms with Crippen molar-refractivity contribution in [2.45, 2.75) is 6.41 Å². The van der Waals surface area contributed by atoms with Crippen LogP contribution in [0.3, 0.4) is 0 Å². The second-order valence-electron chi connectivity index (χ2n) is 3.24. The molecule has 7 nitrogen and oxygen atoms in total. The highest BCUT2D eigenvalue weighted by Crippen LogP contribution is 2.11. The Morgan fingerprint density at radius 2 is 2.17 bits per heavy atom. The second kappa shape index (κ2) is 6.30. The van der Waals surface area contributed by atoms with E-state index in [1.165, 1.54) is 11.8 Å². The number of methoxy groups -OCH3 is 1. The van der Waals surface area contributed by atoms with E-state index < -0.39 is 15.1 Å². The highest BCUT2D eigenvalue weighted by atomic mass is 31.1. The molecule has 0 saturated heterocycles. The van der Waals surface area contributed by atoms with Crippen LogP contribution in [-0.2, 0) is 13.8 Å². The van der Waals surface area contributed by atoms with E-state index in [9.17, 15) is 4.57 Å². The SMILES string of the molecule is COC(O[PH2]=O)[n+]1ccc(-c2ncccn2)cn1. The van der Waals surface area contributed by atoms with Gasteiger partial charge >= 0.3 is 6.41 Å². The zero-order valence-electron chi connectivity index (χ0n) is 9.63. The molecule has 0 saturated carbocycles. The van der Waals surface area contributed by atoms with E-state index in [0.717, 1.165) is 5.56 Å². The van der Waals surface area contributed by atoms with Gasteiger partial charge in [0, 0.05) is 31.1 Å². The molecule has 0 N–H and O–H groups in total. The van der Waals surface area contributed by atoms with Gasteiger partial charge in [-0.25, -0.2) is 14.5 Å². The summed E-state index contributed by atoms with van der Waals surface area (Å²) in [6.45, 7) is 0. The number of hydrogen-bond acceptors (Lipinski definition) is 6. The van der Waals surface area contributed by atoms with Crippen LogP contribution in [0.5, 0.6) is 0 Å². The molecule has 2 heterocycles. The summed E-state index contributed by atoms with van der Waals surface area (Å²) in [6.07, 6.45) is 5.76. The standard InChI is InChI=1S/C10H12N4O3P/c1-16-10(17-18-15)14-6-3-8(7-13-14)9-11-4-2-5-12-9/h2-7,10H,18H2,1H3/q+1. The minimum atomic E-state index is -1.36. The predicted molar refractivity (Wildman–Crippen MR) is 63.0 cm³/mol.